The predicted molar refractivity (Wildman–Crippen MR) is 91.8 cm³/mol. The van der Waals surface area contributed by atoms with E-state index in [2.05, 4.69) is 23.6 Å². The number of ether oxygens (including phenoxy) is 1. The summed E-state index contributed by atoms with van der Waals surface area (Å²) in [5, 5.41) is 19.5. The van der Waals surface area contributed by atoms with Gasteiger partial charge in [-0.25, -0.2) is 0 Å². The number of methoxy groups -OCH3 is 1. The third-order valence-corrected chi connectivity index (χ3v) is 4.44. The molecule has 0 bridgehead atoms. The summed E-state index contributed by atoms with van der Waals surface area (Å²) in [6.45, 7) is 9.43. The normalized spacial score (nSPS) is 20.1. The topological polar surface area (TPSA) is 56.2 Å². The fourth-order valence-corrected chi connectivity index (χ4v) is 3.28. The Kier molecular flexibility index (Phi) is 6.69. The van der Waals surface area contributed by atoms with Gasteiger partial charge in [-0.2, -0.15) is 0 Å². The monoisotopic (exact) mass is 322 g/mol. The van der Waals surface area contributed by atoms with Gasteiger partial charge in [0, 0.05) is 57.0 Å². The molecule has 1 aromatic carbocycles. The van der Waals surface area contributed by atoms with Crippen molar-refractivity contribution in [1.82, 2.24) is 9.80 Å². The molecule has 2 N–H and O–H groups in total. The van der Waals surface area contributed by atoms with Crippen LogP contribution in [-0.2, 0) is 6.54 Å². The van der Waals surface area contributed by atoms with Crippen LogP contribution in [0.5, 0.6) is 11.5 Å². The average Bonchev–Trinajstić information content (AvgIpc) is 2.51. The van der Waals surface area contributed by atoms with Crippen molar-refractivity contribution in [3.8, 4) is 11.5 Å². The van der Waals surface area contributed by atoms with Crippen molar-refractivity contribution in [3.05, 3.63) is 23.8 Å². The van der Waals surface area contributed by atoms with Crippen LogP contribution in [0.3, 0.4) is 0 Å². The fourth-order valence-electron chi connectivity index (χ4n) is 3.28. The summed E-state index contributed by atoms with van der Waals surface area (Å²) < 4.78 is 5.13. The number of benzene rings is 1. The zero-order chi connectivity index (χ0) is 16.8. The number of aliphatic hydroxyl groups excluding tert-OH is 1. The number of phenolic OH excluding ortho intramolecular Hbond substituents is 1. The number of aromatic hydroxyl groups is 1. The first kappa shape index (κ1) is 18.0. The second kappa shape index (κ2) is 8.52. The predicted octanol–water partition coefficient (Wildman–Crippen LogP) is 1.93. The summed E-state index contributed by atoms with van der Waals surface area (Å²) in [6.07, 6.45) is 0.803. The molecule has 23 heavy (non-hydrogen) atoms. The number of piperazine rings is 1. The zero-order valence-electron chi connectivity index (χ0n) is 14.5. The molecule has 0 amide bonds. The maximum atomic E-state index is 10.1. The number of rotatable bonds is 7. The van der Waals surface area contributed by atoms with Gasteiger partial charge in [-0.3, -0.25) is 9.80 Å². The molecular weight excluding hydrogens is 292 g/mol. The Morgan fingerprint density at radius 2 is 2.09 bits per heavy atom. The van der Waals surface area contributed by atoms with Crippen LogP contribution in [0, 0.1) is 5.92 Å². The Balaban J connectivity index is 1.99. The molecule has 1 heterocycles. The lowest BCUT2D eigenvalue weighted by atomic mass is 10.0. The highest BCUT2D eigenvalue weighted by atomic mass is 16.5. The standard InChI is InChI=1S/C18H30N2O3/c1-14(2)11-20-8-7-19(13-16(20)6-9-21)12-15-4-5-17(23-3)10-18(15)22/h4-5,10,14,16,21-22H,6-9,11-13H2,1-3H3/t16-/m1/s1. The van der Waals surface area contributed by atoms with E-state index in [1.807, 2.05) is 12.1 Å². The third kappa shape index (κ3) is 5.09. The highest BCUT2D eigenvalue weighted by molar-refractivity contribution is 5.39. The van der Waals surface area contributed by atoms with Crippen LogP contribution in [0.15, 0.2) is 18.2 Å². The summed E-state index contributed by atoms with van der Waals surface area (Å²) in [5.74, 6) is 1.59. The second-order valence-corrected chi connectivity index (χ2v) is 6.78. The molecule has 1 atom stereocenters. The highest BCUT2D eigenvalue weighted by Crippen LogP contribution is 2.26. The van der Waals surface area contributed by atoms with E-state index in [4.69, 9.17) is 4.74 Å². The van der Waals surface area contributed by atoms with Crippen molar-refractivity contribution in [1.29, 1.82) is 0 Å². The van der Waals surface area contributed by atoms with E-state index < -0.39 is 0 Å². The molecule has 2 rings (SSSR count). The highest BCUT2D eigenvalue weighted by Gasteiger charge is 2.27. The molecule has 130 valence electrons. The van der Waals surface area contributed by atoms with Gasteiger partial charge >= 0.3 is 0 Å². The van der Waals surface area contributed by atoms with Gasteiger partial charge < -0.3 is 14.9 Å². The average molecular weight is 322 g/mol. The van der Waals surface area contributed by atoms with Gasteiger partial charge in [0.15, 0.2) is 0 Å². The summed E-state index contributed by atoms with van der Waals surface area (Å²) in [4.78, 5) is 4.85. The molecule has 1 saturated heterocycles. The quantitative estimate of drug-likeness (QED) is 0.803. The minimum atomic E-state index is 0.223. The molecule has 0 aliphatic carbocycles. The molecular formula is C18H30N2O3. The van der Waals surface area contributed by atoms with Crippen molar-refractivity contribution < 1.29 is 14.9 Å². The van der Waals surface area contributed by atoms with E-state index in [1.165, 1.54) is 0 Å². The second-order valence-electron chi connectivity index (χ2n) is 6.78. The van der Waals surface area contributed by atoms with Crippen LogP contribution in [0.2, 0.25) is 0 Å². The first-order valence-electron chi connectivity index (χ1n) is 8.46. The van der Waals surface area contributed by atoms with Crippen LogP contribution in [0.4, 0.5) is 0 Å². The largest absolute Gasteiger partial charge is 0.507 e. The summed E-state index contributed by atoms with van der Waals surface area (Å²) in [6, 6.07) is 5.86. The third-order valence-electron chi connectivity index (χ3n) is 4.44. The van der Waals surface area contributed by atoms with Crippen molar-refractivity contribution >= 4 is 0 Å². The van der Waals surface area contributed by atoms with E-state index in [-0.39, 0.29) is 12.4 Å². The van der Waals surface area contributed by atoms with Crippen LogP contribution in [0.25, 0.3) is 0 Å². The molecule has 0 spiro atoms. The van der Waals surface area contributed by atoms with Gasteiger partial charge in [0.05, 0.1) is 7.11 Å². The molecule has 5 heteroatoms. The molecule has 1 aliphatic heterocycles. The number of hydrogen-bond acceptors (Lipinski definition) is 5. The van der Waals surface area contributed by atoms with Gasteiger partial charge in [-0.05, 0) is 18.4 Å². The molecule has 5 nitrogen and oxygen atoms in total. The molecule has 1 aliphatic rings. The van der Waals surface area contributed by atoms with Crippen LogP contribution >= 0.6 is 0 Å². The smallest absolute Gasteiger partial charge is 0.123 e. The van der Waals surface area contributed by atoms with Gasteiger partial charge in [-0.1, -0.05) is 19.9 Å². The summed E-state index contributed by atoms with van der Waals surface area (Å²) in [7, 11) is 1.60. The Morgan fingerprint density at radius 1 is 1.30 bits per heavy atom. The van der Waals surface area contributed by atoms with Crippen LogP contribution in [0.1, 0.15) is 25.8 Å². The molecule has 0 aromatic heterocycles. The maximum Gasteiger partial charge on any atom is 0.123 e. The Bertz CT molecular complexity index is 493. The lowest BCUT2D eigenvalue weighted by Crippen LogP contribution is -2.53. The SMILES string of the molecule is COc1ccc(CN2CCN(CC(C)C)[C@H](CCO)C2)c(O)c1. The Labute approximate surface area is 139 Å². The fraction of sp³-hybridized carbons (Fsp3) is 0.667. The minimum Gasteiger partial charge on any atom is -0.507 e. The summed E-state index contributed by atoms with van der Waals surface area (Å²) >= 11 is 0. The van der Waals surface area contributed by atoms with Crippen LogP contribution in [-0.4, -0.2) is 66.0 Å². The van der Waals surface area contributed by atoms with Gasteiger partial charge in [0.25, 0.3) is 0 Å². The molecule has 1 fully saturated rings. The lowest BCUT2D eigenvalue weighted by molar-refractivity contribution is 0.0473. The van der Waals surface area contributed by atoms with Crippen molar-refractivity contribution in [2.75, 3.05) is 39.9 Å². The lowest BCUT2D eigenvalue weighted by Gasteiger charge is -2.42. The van der Waals surface area contributed by atoms with Crippen molar-refractivity contribution in [2.45, 2.75) is 32.9 Å². The first-order valence-corrected chi connectivity index (χ1v) is 8.46. The minimum absolute atomic E-state index is 0.223. The van der Waals surface area contributed by atoms with Crippen molar-refractivity contribution in [2.24, 2.45) is 5.92 Å². The molecule has 0 saturated carbocycles. The van der Waals surface area contributed by atoms with Gasteiger partial charge in [0.1, 0.15) is 11.5 Å². The van der Waals surface area contributed by atoms with E-state index in [0.29, 0.717) is 17.7 Å². The van der Waals surface area contributed by atoms with E-state index >= 15 is 0 Å². The molecule has 1 aromatic rings. The maximum absolute atomic E-state index is 10.1. The van der Waals surface area contributed by atoms with E-state index in [0.717, 1.165) is 44.7 Å². The van der Waals surface area contributed by atoms with Crippen LogP contribution < -0.4 is 4.74 Å². The number of nitrogens with zero attached hydrogens (tertiary/aromatic N) is 2. The zero-order valence-corrected chi connectivity index (χ0v) is 14.5. The van der Waals surface area contributed by atoms with Gasteiger partial charge in [-0.15, -0.1) is 0 Å². The van der Waals surface area contributed by atoms with E-state index in [1.54, 1.807) is 13.2 Å². The van der Waals surface area contributed by atoms with E-state index in [9.17, 15) is 10.2 Å². The number of phenols is 1. The first-order chi connectivity index (χ1) is 11.0. The molecule has 0 unspecified atom stereocenters. The van der Waals surface area contributed by atoms with Gasteiger partial charge in [0.2, 0.25) is 0 Å². The number of hydrogen-bond donors (Lipinski definition) is 2. The molecule has 0 radical (unpaired) electrons. The summed E-state index contributed by atoms with van der Waals surface area (Å²) in [5.41, 5.74) is 0.922. The van der Waals surface area contributed by atoms with Crippen molar-refractivity contribution in [3.63, 3.8) is 0 Å². The Morgan fingerprint density at radius 3 is 2.70 bits per heavy atom. The number of aliphatic hydroxyl groups is 1. The Hall–Kier alpha value is -1.30.